The topological polar surface area (TPSA) is 26.3 Å². The highest BCUT2D eigenvalue weighted by Crippen LogP contribution is 2.40. The summed E-state index contributed by atoms with van der Waals surface area (Å²) in [6.45, 7) is 2.56. The van der Waals surface area contributed by atoms with E-state index >= 15 is 0 Å². The lowest BCUT2D eigenvalue weighted by molar-refractivity contribution is -0.137. The molecule has 1 aliphatic rings. The summed E-state index contributed by atoms with van der Waals surface area (Å²) in [5, 5.41) is 0. The zero-order valence-electron chi connectivity index (χ0n) is 13.3. The minimum Gasteiger partial charge on any atom is -0.463 e. The Kier molecular flexibility index (Phi) is 4.72. The van der Waals surface area contributed by atoms with Crippen molar-refractivity contribution < 1.29 is 9.53 Å². The number of ether oxygens (including phenoxy) is 1. The Morgan fingerprint density at radius 2 is 1.78 bits per heavy atom. The minimum atomic E-state index is -0.271. The van der Waals surface area contributed by atoms with Gasteiger partial charge in [0.1, 0.15) is 0 Å². The van der Waals surface area contributed by atoms with Crippen LogP contribution in [0, 0.1) is 0 Å². The van der Waals surface area contributed by atoms with Gasteiger partial charge in [0.05, 0.1) is 6.61 Å². The molecule has 0 bridgehead atoms. The molecule has 23 heavy (non-hydrogen) atoms. The maximum absolute atomic E-state index is 12.1. The van der Waals surface area contributed by atoms with Crippen LogP contribution in [0.15, 0.2) is 60.7 Å². The molecule has 116 valence electrons. The van der Waals surface area contributed by atoms with E-state index in [4.69, 9.17) is 4.74 Å². The van der Waals surface area contributed by atoms with Crippen LogP contribution in [-0.2, 0) is 9.53 Å². The van der Waals surface area contributed by atoms with Crippen molar-refractivity contribution in [2.45, 2.75) is 19.8 Å². The molecule has 0 aromatic heterocycles. The van der Waals surface area contributed by atoms with Gasteiger partial charge in [-0.15, -0.1) is 0 Å². The molecule has 2 aromatic rings. The van der Waals surface area contributed by atoms with Crippen LogP contribution in [-0.4, -0.2) is 12.6 Å². The molecule has 0 unspecified atom stereocenters. The van der Waals surface area contributed by atoms with Crippen molar-refractivity contribution >= 4 is 23.2 Å². The molecule has 0 atom stereocenters. The first-order valence-electron chi connectivity index (χ1n) is 8.05. The summed E-state index contributed by atoms with van der Waals surface area (Å²) in [6, 6.07) is 18.3. The zero-order valence-corrected chi connectivity index (χ0v) is 13.3. The lowest BCUT2D eigenvalue weighted by Crippen LogP contribution is -2.03. The van der Waals surface area contributed by atoms with Gasteiger partial charge in [-0.2, -0.15) is 0 Å². The summed E-state index contributed by atoms with van der Waals surface area (Å²) < 4.78 is 5.30. The van der Waals surface area contributed by atoms with Gasteiger partial charge in [0.15, 0.2) is 0 Å². The smallest absolute Gasteiger partial charge is 0.331 e. The summed E-state index contributed by atoms with van der Waals surface area (Å²) in [4.78, 5) is 12.1. The SMILES string of the molecule is CCCCOC(=O)/C=C1/C(c2ccccc2)=Cc2ccccc21. The van der Waals surface area contributed by atoms with Gasteiger partial charge in [-0.1, -0.05) is 67.9 Å². The quantitative estimate of drug-likeness (QED) is 0.443. The molecule has 0 saturated heterocycles. The Morgan fingerprint density at radius 1 is 1.04 bits per heavy atom. The van der Waals surface area contributed by atoms with Crippen molar-refractivity contribution in [2.24, 2.45) is 0 Å². The molecule has 0 amide bonds. The third-order valence-corrected chi connectivity index (χ3v) is 3.93. The molecule has 3 rings (SSSR count). The maximum Gasteiger partial charge on any atom is 0.331 e. The van der Waals surface area contributed by atoms with E-state index in [9.17, 15) is 4.79 Å². The predicted octanol–water partition coefficient (Wildman–Crippen LogP) is 4.97. The lowest BCUT2D eigenvalue weighted by atomic mass is 9.97. The fourth-order valence-electron chi connectivity index (χ4n) is 2.74. The van der Waals surface area contributed by atoms with E-state index < -0.39 is 0 Å². The predicted molar refractivity (Wildman–Crippen MR) is 94.6 cm³/mol. The van der Waals surface area contributed by atoms with Crippen LogP contribution in [0.2, 0.25) is 0 Å². The van der Waals surface area contributed by atoms with Crippen molar-refractivity contribution in [1.82, 2.24) is 0 Å². The van der Waals surface area contributed by atoms with Crippen LogP contribution in [0.3, 0.4) is 0 Å². The van der Waals surface area contributed by atoms with Gasteiger partial charge in [-0.05, 0) is 40.3 Å². The van der Waals surface area contributed by atoms with E-state index in [-0.39, 0.29) is 5.97 Å². The molecule has 2 heteroatoms. The van der Waals surface area contributed by atoms with Crippen molar-refractivity contribution in [2.75, 3.05) is 6.61 Å². The highest BCUT2D eigenvalue weighted by Gasteiger charge is 2.20. The lowest BCUT2D eigenvalue weighted by Gasteiger charge is -2.08. The molecule has 0 saturated carbocycles. The molecule has 0 fully saturated rings. The number of allylic oxidation sites excluding steroid dienone is 2. The molecule has 2 nitrogen and oxygen atoms in total. The van der Waals surface area contributed by atoms with Gasteiger partial charge >= 0.3 is 5.97 Å². The normalized spacial score (nSPS) is 14.5. The zero-order chi connectivity index (χ0) is 16.1. The van der Waals surface area contributed by atoms with Crippen molar-refractivity contribution in [3.05, 3.63) is 77.4 Å². The average molecular weight is 304 g/mol. The highest BCUT2D eigenvalue weighted by atomic mass is 16.5. The van der Waals surface area contributed by atoms with E-state index in [1.807, 2.05) is 36.4 Å². The molecule has 0 spiro atoms. The van der Waals surface area contributed by atoms with Crippen LogP contribution in [0.4, 0.5) is 0 Å². The molecule has 0 N–H and O–H groups in total. The largest absolute Gasteiger partial charge is 0.463 e. The third kappa shape index (κ3) is 3.42. The van der Waals surface area contributed by atoms with Crippen molar-refractivity contribution in [1.29, 1.82) is 0 Å². The third-order valence-electron chi connectivity index (χ3n) is 3.93. The number of esters is 1. The van der Waals surface area contributed by atoms with E-state index in [2.05, 4.69) is 31.2 Å². The first-order chi connectivity index (χ1) is 11.3. The molecule has 2 aromatic carbocycles. The summed E-state index contributed by atoms with van der Waals surface area (Å²) in [7, 11) is 0. The summed E-state index contributed by atoms with van der Waals surface area (Å²) in [5.74, 6) is -0.271. The summed E-state index contributed by atoms with van der Waals surface area (Å²) >= 11 is 0. The van der Waals surface area contributed by atoms with Crippen LogP contribution >= 0.6 is 0 Å². The monoisotopic (exact) mass is 304 g/mol. The van der Waals surface area contributed by atoms with Gasteiger partial charge < -0.3 is 4.74 Å². The van der Waals surface area contributed by atoms with Gasteiger partial charge in [-0.25, -0.2) is 4.79 Å². The number of carbonyl (C=O) groups is 1. The Labute approximate surface area is 137 Å². The van der Waals surface area contributed by atoms with Gasteiger partial charge in [0.25, 0.3) is 0 Å². The Hall–Kier alpha value is -2.61. The van der Waals surface area contributed by atoms with Crippen LogP contribution < -0.4 is 0 Å². The van der Waals surface area contributed by atoms with Crippen molar-refractivity contribution in [3.63, 3.8) is 0 Å². The number of unbranched alkanes of at least 4 members (excludes halogenated alkanes) is 1. The van der Waals surface area contributed by atoms with E-state index in [0.29, 0.717) is 6.61 Å². The van der Waals surface area contributed by atoms with Crippen molar-refractivity contribution in [3.8, 4) is 0 Å². The molecule has 0 radical (unpaired) electrons. The first-order valence-corrected chi connectivity index (χ1v) is 8.05. The Bertz CT molecular complexity index is 754. The van der Waals surface area contributed by atoms with Crippen LogP contribution in [0.25, 0.3) is 17.2 Å². The molecule has 0 heterocycles. The number of hydrogen-bond acceptors (Lipinski definition) is 2. The summed E-state index contributed by atoms with van der Waals surface area (Å²) in [6.07, 6.45) is 5.67. The standard InChI is InChI=1S/C21H20O2/c1-2-3-13-23-21(22)15-20-18-12-8-7-11-17(18)14-19(20)16-9-5-4-6-10-16/h4-12,14-15H,2-3,13H2,1H3/b20-15+. The number of hydrogen-bond donors (Lipinski definition) is 0. The number of rotatable bonds is 5. The van der Waals surface area contributed by atoms with Gasteiger partial charge in [0, 0.05) is 6.08 Å². The molecular weight excluding hydrogens is 284 g/mol. The minimum absolute atomic E-state index is 0.271. The highest BCUT2D eigenvalue weighted by molar-refractivity contribution is 6.20. The number of benzene rings is 2. The van der Waals surface area contributed by atoms with Crippen LogP contribution in [0.1, 0.15) is 36.5 Å². The van der Waals surface area contributed by atoms with E-state index in [1.165, 1.54) is 0 Å². The van der Waals surface area contributed by atoms with Gasteiger partial charge in [-0.3, -0.25) is 0 Å². The first kappa shape index (κ1) is 15.3. The molecule has 0 aliphatic heterocycles. The summed E-state index contributed by atoms with van der Waals surface area (Å²) in [5.41, 5.74) is 5.33. The second kappa shape index (κ2) is 7.10. The fourth-order valence-corrected chi connectivity index (χ4v) is 2.74. The molecule has 1 aliphatic carbocycles. The Morgan fingerprint density at radius 3 is 2.57 bits per heavy atom. The maximum atomic E-state index is 12.1. The number of carbonyl (C=O) groups excluding carboxylic acids is 1. The van der Waals surface area contributed by atoms with E-state index in [0.717, 1.165) is 40.7 Å². The molecular formula is C21H20O2. The fraction of sp³-hybridized carbons (Fsp3) is 0.190. The second-order valence-corrected chi connectivity index (χ2v) is 5.59. The van der Waals surface area contributed by atoms with E-state index in [1.54, 1.807) is 6.08 Å². The average Bonchev–Trinajstić information content (AvgIpc) is 2.95. The van der Waals surface area contributed by atoms with Gasteiger partial charge in [0.2, 0.25) is 0 Å². The second-order valence-electron chi connectivity index (χ2n) is 5.59. The number of fused-ring (bicyclic) bond motifs is 1. The van der Waals surface area contributed by atoms with Crippen LogP contribution in [0.5, 0.6) is 0 Å². The Balaban J connectivity index is 1.94.